The molecule has 1 aliphatic heterocycles. The molecule has 0 aromatic heterocycles. The van der Waals surface area contributed by atoms with E-state index in [4.69, 9.17) is 21.1 Å². The summed E-state index contributed by atoms with van der Waals surface area (Å²) in [4.78, 5) is 53.6. The molecule has 45 heavy (non-hydrogen) atoms. The first-order chi connectivity index (χ1) is 20.5. The minimum absolute atomic E-state index is 0.0499. The van der Waals surface area contributed by atoms with E-state index in [-0.39, 0.29) is 30.8 Å². The summed E-state index contributed by atoms with van der Waals surface area (Å²) in [5.41, 5.74) is -2.96. The molecule has 0 saturated carbocycles. The average molecular weight is 653 g/mol. The Balaban J connectivity index is 2.02. The number of hydrogen-bond donors (Lipinski definition) is 4. The summed E-state index contributed by atoms with van der Waals surface area (Å²) in [6.07, 6.45) is -0.408. The fourth-order valence-electron chi connectivity index (χ4n) is 5.27. The molecule has 4 N–H and O–H groups in total. The second-order valence-corrected chi connectivity index (χ2v) is 15.3. The quantitative estimate of drug-likeness (QED) is 0.261. The van der Waals surface area contributed by atoms with Gasteiger partial charge in [-0.25, -0.2) is 14.4 Å². The van der Waals surface area contributed by atoms with Gasteiger partial charge in [-0.3, -0.25) is 4.79 Å². The van der Waals surface area contributed by atoms with Gasteiger partial charge in [-0.05, 0) is 70.6 Å². The van der Waals surface area contributed by atoms with Gasteiger partial charge in [-0.1, -0.05) is 65.3 Å². The lowest BCUT2D eigenvalue weighted by molar-refractivity contribution is -0.159. The molecule has 1 aromatic carbocycles. The molecule has 1 aliphatic rings. The van der Waals surface area contributed by atoms with E-state index in [1.807, 2.05) is 39.8 Å². The van der Waals surface area contributed by atoms with Crippen molar-refractivity contribution < 1.29 is 33.8 Å². The van der Waals surface area contributed by atoms with E-state index in [0.29, 0.717) is 18.0 Å². The van der Waals surface area contributed by atoms with E-state index in [9.17, 15) is 24.3 Å². The molecule has 1 heterocycles. The number of hydrogen-bond acceptors (Lipinski definition) is 7. The number of alkyl carbamates (subject to hydrolysis) is 1. The van der Waals surface area contributed by atoms with Gasteiger partial charge in [0.15, 0.2) is 0 Å². The monoisotopic (exact) mass is 652 g/mol. The van der Waals surface area contributed by atoms with Crippen LogP contribution in [0.2, 0.25) is 5.02 Å². The van der Waals surface area contributed by atoms with Gasteiger partial charge in [0, 0.05) is 23.5 Å². The lowest BCUT2D eigenvalue weighted by atomic mass is 9.66. The second kappa shape index (κ2) is 14.6. The molecule has 254 valence electrons. The van der Waals surface area contributed by atoms with Crippen molar-refractivity contribution in [3.8, 4) is 0 Å². The van der Waals surface area contributed by atoms with E-state index in [1.54, 1.807) is 65.5 Å². The van der Waals surface area contributed by atoms with Crippen molar-refractivity contribution in [1.82, 2.24) is 20.9 Å². The van der Waals surface area contributed by atoms with Crippen LogP contribution in [-0.4, -0.2) is 76.9 Å². The van der Waals surface area contributed by atoms with Crippen molar-refractivity contribution >= 4 is 35.6 Å². The highest BCUT2D eigenvalue weighted by Gasteiger charge is 2.50. The Morgan fingerprint density at radius 1 is 0.933 bits per heavy atom. The number of aliphatic hydroxyl groups is 1. The molecular formula is C33H53ClN4O7. The van der Waals surface area contributed by atoms with Crippen LogP contribution in [0.5, 0.6) is 0 Å². The number of halogens is 1. The van der Waals surface area contributed by atoms with E-state index in [1.165, 1.54) is 0 Å². The Hall–Kier alpha value is -3.05. The summed E-state index contributed by atoms with van der Waals surface area (Å²) in [5.74, 6) is -1.41. The average Bonchev–Trinajstić information content (AvgIpc) is 2.89. The van der Waals surface area contributed by atoms with E-state index >= 15 is 0 Å². The van der Waals surface area contributed by atoms with Crippen LogP contribution in [0.3, 0.4) is 0 Å². The number of likely N-dealkylation sites (tertiary alicyclic amines) is 1. The number of nitrogens with one attached hydrogen (secondary N) is 3. The summed E-state index contributed by atoms with van der Waals surface area (Å²) < 4.78 is 10.9. The molecular weight excluding hydrogens is 600 g/mol. The maximum Gasteiger partial charge on any atom is 0.408 e. The normalized spacial score (nSPS) is 19.8. The molecule has 11 nitrogen and oxygen atoms in total. The van der Waals surface area contributed by atoms with Gasteiger partial charge in [0.2, 0.25) is 5.91 Å². The molecule has 3 atom stereocenters. The van der Waals surface area contributed by atoms with Crippen LogP contribution < -0.4 is 16.0 Å². The molecule has 1 saturated heterocycles. The highest BCUT2D eigenvalue weighted by molar-refractivity contribution is 6.30. The van der Waals surface area contributed by atoms with Crippen molar-refractivity contribution in [1.29, 1.82) is 0 Å². The Morgan fingerprint density at radius 2 is 1.49 bits per heavy atom. The first-order valence-electron chi connectivity index (χ1n) is 15.5. The van der Waals surface area contributed by atoms with Crippen molar-refractivity contribution in [2.75, 3.05) is 19.6 Å². The van der Waals surface area contributed by atoms with Gasteiger partial charge in [0.25, 0.3) is 0 Å². The third kappa shape index (κ3) is 10.5. The molecule has 2 rings (SSSR count). The van der Waals surface area contributed by atoms with Crippen molar-refractivity contribution in [2.24, 2.45) is 17.3 Å². The van der Waals surface area contributed by atoms with Crippen molar-refractivity contribution in [3.05, 3.63) is 34.9 Å². The number of piperidine rings is 1. The summed E-state index contributed by atoms with van der Waals surface area (Å²) in [6.45, 7) is 20.1. The largest absolute Gasteiger partial charge is 0.456 e. The number of esters is 1. The van der Waals surface area contributed by atoms with Crippen LogP contribution >= 0.6 is 11.6 Å². The van der Waals surface area contributed by atoms with Gasteiger partial charge in [0.05, 0.1) is 12.1 Å². The predicted octanol–water partition coefficient (Wildman–Crippen LogP) is 4.98. The van der Waals surface area contributed by atoms with Crippen molar-refractivity contribution in [2.45, 2.75) is 111 Å². The maximum absolute atomic E-state index is 13.7. The molecule has 1 aromatic rings. The van der Waals surface area contributed by atoms with Crippen LogP contribution in [0.1, 0.15) is 88.1 Å². The number of nitrogens with zero attached hydrogens (tertiary/aromatic N) is 1. The van der Waals surface area contributed by atoms with Gasteiger partial charge >= 0.3 is 18.1 Å². The van der Waals surface area contributed by atoms with Gasteiger partial charge in [0.1, 0.15) is 23.3 Å². The van der Waals surface area contributed by atoms with Crippen LogP contribution in [0.15, 0.2) is 24.3 Å². The fourth-order valence-corrected chi connectivity index (χ4v) is 5.40. The standard InChI is InChI=1S/C33H53ClN4O7/c1-20(2)24(26(39)38-17-16-33(43,31(8,9)19-38)22-12-14-23(34)15-13-22)36-28(41)35-18-32(10,11)44-27(40)25(21(3)4)37-29(42)45-30(5,6)7/h12-15,20-21,24-25,43H,16-19H2,1-11H3,(H,37,42)(H2,35,36,41)/t24-,25+,33+/m1/s1. The molecule has 4 amide bonds. The van der Waals surface area contributed by atoms with Crippen molar-refractivity contribution in [3.63, 3.8) is 0 Å². The van der Waals surface area contributed by atoms with E-state index < -0.39 is 52.4 Å². The highest BCUT2D eigenvalue weighted by atomic mass is 35.5. The molecule has 12 heteroatoms. The summed E-state index contributed by atoms with van der Waals surface area (Å²) in [6, 6.07) is 4.73. The second-order valence-electron chi connectivity index (χ2n) is 14.9. The van der Waals surface area contributed by atoms with Crippen LogP contribution in [0, 0.1) is 17.3 Å². The zero-order valence-electron chi connectivity index (χ0n) is 28.7. The zero-order valence-corrected chi connectivity index (χ0v) is 29.4. The number of carbonyl (C=O) groups is 4. The summed E-state index contributed by atoms with van der Waals surface area (Å²) in [7, 11) is 0. The number of rotatable bonds is 10. The van der Waals surface area contributed by atoms with Crippen LogP contribution in [0.4, 0.5) is 9.59 Å². The number of carbonyl (C=O) groups excluding carboxylic acids is 4. The number of urea groups is 1. The Bertz CT molecular complexity index is 1210. The number of ether oxygens (including phenoxy) is 2. The molecule has 0 bridgehead atoms. The minimum atomic E-state index is -1.16. The Labute approximate surface area is 273 Å². The molecule has 0 spiro atoms. The van der Waals surface area contributed by atoms with Crippen LogP contribution in [0.25, 0.3) is 0 Å². The fraction of sp³-hybridized carbons (Fsp3) is 0.697. The van der Waals surface area contributed by atoms with Gasteiger partial charge in [-0.2, -0.15) is 0 Å². The third-order valence-electron chi connectivity index (χ3n) is 7.95. The predicted molar refractivity (Wildman–Crippen MR) is 174 cm³/mol. The maximum atomic E-state index is 13.7. The smallest absolute Gasteiger partial charge is 0.408 e. The molecule has 0 radical (unpaired) electrons. The minimum Gasteiger partial charge on any atom is -0.456 e. The van der Waals surface area contributed by atoms with E-state index in [0.717, 1.165) is 5.56 Å². The molecule has 1 fully saturated rings. The Morgan fingerprint density at radius 3 is 1.98 bits per heavy atom. The Kier molecular flexibility index (Phi) is 12.4. The third-order valence-corrected chi connectivity index (χ3v) is 8.20. The first-order valence-corrected chi connectivity index (χ1v) is 15.9. The highest BCUT2D eigenvalue weighted by Crippen LogP contribution is 2.46. The number of benzene rings is 1. The van der Waals surface area contributed by atoms with E-state index in [2.05, 4.69) is 16.0 Å². The lowest BCUT2D eigenvalue weighted by Crippen LogP contribution is -2.61. The number of amides is 4. The zero-order chi connectivity index (χ0) is 34.5. The summed E-state index contributed by atoms with van der Waals surface area (Å²) in [5, 5.41) is 20.3. The lowest BCUT2D eigenvalue weighted by Gasteiger charge is -2.51. The first kappa shape index (κ1) is 38.1. The van der Waals surface area contributed by atoms with Gasteiger partial charge < -0.3 is 35.4 Å². The molecule has 0 unspecified atom stereocenters. The van der Waals surface area contributed by atoms with Crippen LogP contribution in [-0.2, 0) is 24.7 Å². The summed E-state index contributed by atoms with van der Waals surface area (Å²) >= 11 is 6.05. The van der Waals surface area contributed by atoms with Gasteiger partial charge in [-0.15, -0.1) is 0 Å². The SMILES string of the molecule is CC(C)[C@H](NC(=O)OC(C)(C)C)C(=O)OC(C)(C)CNC(=O)N[C@@H](C(=O)N1CC[C@](O)(c2ccc(Cl)cc2)C(C)(C)C1)C(C)C. The topological polar surface area (TPSA) is 146 Å². The molecule has 0 aliphatic carbocycles.